The topological polar surface area (TPSA) is 21.7 Å². The van der Waals surface area contributed by atoms with E-state index >= 15 is 0 Å². The van der Waals surface area contributed by atoms with Gasteiger partial charge in [0.25, 0.3) is 0 Å². The molecular formula is C30H38BrNO2. The molecule has 0 atom stereocenters. The van der Waals surface area contributed by atoms with Gasteiger partial charge in [-0.15, -0.1) is 0 Å². The zero-order valence-corrected chi connectivity index (χ0v) is 22.2. The van der Waals surface area contributed by atoms with E-state index in [1.807, 2.05) is 0 Å². The predicted octanol–water partition coefficient (Wildman–Crippen LogP) is 9.84. The minimum absolute atomic E-state index is 0.773. The highest BCUT2D eigenvalue weighted by Gasteiger charge is 2.13. The first kappa shape index (κ1) is 26.2. The van der Waals surface area contributed by atoms with Gasteiger partial charge < -0.3 is 14.4 Å². The normalized spacial score (nSPS) is 10.8. The molecule has 0 spiro atoms. The van der Waals surface area contributed by atoms with Gasteiger partial charge in [0, 0.05) is 21.5 Å². The maximum atomic E-state index is 5.95. The van der Waals surface area contributed by atoms with Crippen LogP contribution in [-0.2, 0) is 0 Å². The summed E-state index contributed by atoms with van der Waals surface area (Å²) in [5.41, 5.74) is 3.28. The summed E-state index contributed by atoms with van der Waals surface area (Å²) in [6.45, 7) is 6.00. The Bertz CT molecular complexity index is 882. The molecule has 0 radical (unpaired) electrons. The smallest absolute Gasteiger partial charge is 0.119 e. The molecule has 3 nitrogen and oxygen atoms in total. The van der Waals surface area contributed by atoms with Gasteiger partial charge in [0.05, 0.1) is 13.2 Å². The minimum Gasteiger partial charge on any atom is -0.494 e. The van der Waals surface area contributed by atoms with Gasteiger partial charge in [0.15, 0.2) is 0 Å². The third-order valence-corrected chi connectivity index (χ3v) is 6.34. The number of halogens is 1. The number of rotatable bonds is 15. The summed E-state index contributed by atoms with van der Waals surface area (Å²) in [5.74, 6) is 1.84. The first-order valence-electron chi connectivity index (χ1n) is 12.7. The molecule has 0 unspecified atom stereocenters. The fourth-order valence-electron chi connectivity index (χ4n) is 3.86. The maximum absolute atomic E-state index is 5.95. The maximum Gasteiger partial charge on any atom is 0.119 e. The lowest BCUT2D eigenvalue weighted by molar-refractivity contribution is 0.305. The van der Waals surface area contributed by atoms with E-state index in [1.165, 1.54) is 38.5 Å². The second kappa shape index (κ2) is 14.7. The van der Waals surface area contributed by atoms with Crippen LogP contribution in [0.4, 0.5) is 17.1 Å². The van der Waals surface area contributed by atoms with Gasteiger partial charge in [-0.25, -0.2) is 0 Å². The molecule has 0 heterocycles. The molecule has 3 aromatic rings. The van der Waals surface area contributed by atoms with Crippen LogP contribution in [0.25, 0.3) is 0 Å². The number of benzene rings is 3. The molecule has 0 saturated carbocycles. The lowest BCUT2D eigenvalue weighted by atomic mass is 10.2. The van der Waals surface area contributed by atoms with Crippen LogP contribution in [0.1, 0.15) is 65.2 Å². The van der Waals surface area contributed by atoms with Crippen LogP contribution in [0.15, 0.2) is 77.3 Å². The Labute approximate surface area is 214 Å². The molecule has 0 bridgehead atoms. The standard InChI is InChI=1S/C30H38BrNO2/c1-3-5-7-9-23-33-29-19-15-27(16-20-29)32(26-13-11-25(31)12-14-26)28-17-21-30(22-18-28)34-24-10-8-6-4-2/h11-22H,3-10,23-24H2,1-2H3. The Balaban J connectivity index is 1.71. The number of nitrogens with zero attached hydrogens (tertiary/aromatic N) is 1. The molecule has 0 N–H and O–H groups in total. The summed E-state index contributed by atoms with van der Waals surface area (Å²) < 4.78 is 13.0. The molecule has 182 valence electrons. The highest BCUT2D eigenvalue weighted by atomic mass is 79.9. The van der Waals surface area contributed by atoms with Gasteiger partial charge in [0.2, 0.25) is 0 Å². The molecule has 0 aliphatic rings. The van der Waals surface area contributed by atoms with Crippen molar-refractivity contribution in [1.29, 1.82) is 0 Å². The van der Waals surface area contributed by atoms with E-state index in [0.29, 0.717) is 0 Å². The van der Waals surface area contributed by atoms with E-state index in [0.717, 1.165) is 59.1 Å². The van der Waals surface area contributed by atoms with Crippen LogP contribution in [0.2, 0.25) is 0 Å². The molecule has 3 rings (SSSR count). The number of hydrogen-bond acceptors (Lipinski definition) is 3. The van der Waals surface area contributed by atoms with Crippen molar-refractivity contribution in [2.75, 3.05) is 18.1 Å². The summed E-state index contributed by atoms with van der Waals surface area (Å²) >= 11 is 3.55. The van der Waals surface area contributed by atoms with Crippen molar-refractivity contribution < 1.29 is 9.47 Å². The van der Waals surface area contributed by atoms with Crippen molar-refractivity contribution in [2.45, 2.75) is 65.2 Å². The van der Waals surface area contributed by atoms with Crippen LogP contribution in [-0.4, -0.2) is 13.2 Å². The Morgan fingerprint density at radius 1 is 0.529 bits per heavy atom. The molecular weight excluding hydrogens is 486 g/mol. The molecule has 0 aliphatic carbocycles. The van der Waals surface area contributed by atoms with E-state index < -0.39 is 0 Å². The number of ether oxygens (including phenoxy) is 2. The second-order valence-electron chi connectivity index (χ2n) is 8.62. The van der Waals surface area contributed by atoms with Gasteiger partial charge in [-0.1, -0.05) is 68.3 Å². The van der Waals surface area contributed by atoms with Crippen LogP contribution in [0, 0.1) is 0 Å². The summed E-state index contributed by atoms with van der Waals surface area (Å²) in [6, 6.07) is 25.2. The third-order valence-electron chi connectivity index (χ3n) is 5.81. The van der Waals surface area contributed by atoms with Gasteiger partial charge >= 0.3 is 0 Å². The summed E-state index contributed by atoms with van der Waals surface area (Å²) in [4.78, 5) is 2.25. The predicted molar refractivity (Wildman–Crippen MR) is 148 cm³/mol. The van der Waals surface area contributed by atoms with Crippen LogP contribution >= 0.6 is 15.9 Å². The quantitative estimate of drug-likeness (QED) is 0.185. The first-order valence-corrected chi connectivity index (χ1v) is 13.5. The van der Waals surface area contributed by atoms with Crippen LogP contribution in [0.3, 0.4) is 0 Å². The van der Waals surface area contributed by atoms with Gasteiger partial charge in [0.1, 0.15) is 11.5 Å². The first-order chi connectivity index (χ1) is 16.7. The fraction of sp³-hybridized carbons (Fsp3) is 0.400. The monoisotopic (exact) mass is 523 g/mol. The second-order valence-corrected chi connectivity index (χ2v) is 9.53. The molecule has 0 fully saturated rings. The summed E-state index contributed by atoms with van der Waals surface area (Å²) in [7, 11) is 0. The fourth-order valence-corrected chi connectivity index (χ4v) is 4.12. The van der Waals surface area contributed by atoms with E-state index in [9.17, 15) is 0 Å². The summed E-state index contributed by atoms with van der Waals surface area (Å²) in [5, 5.41) is 0. The molecule has 0 aromatic heterocycles. The van der Waals surface area contributed by atoms with E-state index in [1.54, 1.807) is 0 Å². The van der Waals surface area contributed by atoms with Crippen molar-refractivity contribution in [3.8, 4) is 11.5 Å². The van der Waals surface area contributed by atoms with E-state index in [4.69, 9.17) is 9.47 Å². The Hall–Kier alpha value is -2.46. The highest BCUT2D eigenvalue weighted by molar-refractivity contribution is 9.10. The largest absolute Gasteiger partial charge is 0.494 e. The van der Waals surface area contributed by atoms with Crippen molar-refractivity contribution in [2.24, 2.45) is 0 Å². The lowest BCUT2D eigenvalue weighted by Crippen LogP contribution is -2.10. The number of hydrogen-bond donors (Lipinski definition) is 0. The molecule has 34 heavy (non-hydrogen) atoms. The zero-order chi connectivity index (χ0) is 24.0. The SMILES string of the molecule is CCCCCCOc1ccc(N(c2ccc(Br)cc2)c2ccc(OCCCCCC)cc2)cc1. The van der Waals surface area contributed by atoms with Crippen LogP contribution in [0.5, 0.6) is 11.5 Å². The van der Waals surface area contributed by atoms with Gasteiger partial charge in [-0.3, -0.25) is 0 Å². The molecule has 3 aromatic carbocycles. The van der Waals surface area contributed by atoms with Crippen molar-refractivity contribution in [3.63, 3.8) is 0 Å². The van der Waals surface area contributed by atoms with Gasteiger partial charge in [-0.05, 0) is 85.6 Å². The molecule has 0 saturated heterocycles. The average molecular weight is 525 g/mol. The van der Waals surface area contributed by atoms with Crippen molar-refractivity contribution in [3.05, 3.63) is 77.3 Å². The Morgan fingerprint density at radius 3 is 1.29 bits per heavy atom. The van der Waals surface area contributed by atoms with E-state index in [-0.39, 0.29) is 0 Å². The minimum atomic E-state index is 0.773. The van der Waals surface area contributed by atoms with Crippen LogP contribution < -0.4 is 14.4 Å². The molecule has 4 heteroatoms. The highest BCUT2D eigenvalue weighted by Crippen LogP contribution is 2.36. The van der Waals surface area contributed by atoms with Crippen molar-refractivity contribution in [1.82, 2.24) is 0 Å². The lowest BCUT2D eigenvalue weighted by Gasteiger charge is -2.26. The van der Waals surface area contributed by atoms with E-state index in [2.05, 4.69) is 107 Å². The number of unbranched alkanes of at least 4 members (excludes halogenated alkanes) is 6. The zero-order valence-electron chi connectivity index (χ0n) is 20.6. The third kappa shape index (κ3) is 8.39. The average Bonchev–Trinajstić information content (AvgIpc) is 2.87. The molecule has 0 amide bonds. The summed E-state index contributed by atoms with van der Waals surface area (Å²) in [6.07, 6.45) is 9.69. The Morgan fingerprint density at radius 2 is 0.912 bits per heavy atom. The Kier molecular flexibility index (Phi) is 11.3. The number of anilines is 3. The van der Waals surface area contributed by atoms with Crippen molar-refractivity contribution >= 4 is 33.0 Å². The molecule has 0 aliphatic heterocycles. The van der Waals surface area contributed by atoms with Gasteiger partial charge in [-0.2, -0.15) is 0 Å².